The summed E-state index contributed by atoms with van der Waals surface area (Å²) < 4.78 is 75.4. The fourth-order valence-electron chi connectivity index (χ4n) is 1.32. The minimum Gasteiger partial charge on any atom is -0.369 e. The zero-order valence-electron chi connectivity index (χ0n) is 9.45. The Balaban J connectivity index is 3.61. The minimum absolute atomic E-state index is 0.0281. The van der Waals surface area contributed by atoms with Crippen molar-refractivity contribution in [3.8, 4) is 6.07 Å². The first-order chi connectivity index (χ1) is 8.61. The Bertz CT molecular complexity index is 512. The number of hydrogen-bond donors (Lipinski definition) is 1. The van der Waals surface area contributed by atoms with Gasteiger partial charge < -0.3 is 5.32 Å². The van der Waals surface area contributed by atoms with Gasteiger partial charge in [0.2, 0.25) is 0 Å². The van der Waals surface area contributed by atoms with Gasteiger partial charge in [-0.05, 0) is 13.0 Å². The van der Waals surface area contributed by atoms with E-state index in [1.807, 2.05) is 0 Å². The summed E-state index contributed by atoms with van der Waals surface area (Å²) in [6, 6.07) is 1.05. The van der Waals surface area contributed by atoms with Crippen LogP contribution in [0, 0.1) is 11.3 Å². The maximum absolute atomic E-state index is 12.6. The molecule has 1 N–H and O–H groups in total. The van der Waals surface area contributed by atoms with Crippen molar-refractivity contribution in [2.24, 2.45) is 0 Å². The molecule has 104 valence electrons. The Morgan fingerprint density at radius 1 is 1.21 bits per heavy atom. The molecule has 1 rings (SSSR count). The molecule has 9 heteroatoms. The van der Waals surface area contributed by atoms with Crippen LogP contribution in [0.5, 0.6) is 0 Å². The van der Waals surface area contributed by atoms with Gasteiger partial charge in [0.1, 0.15) is 23.1 Å². The molecule has 0 bridgehead atoms. The Labute approximate surface area is 103 Å². The summed E-state index contributed by atoms with van der Waals surface area (Å²) in [5.41, 5.74) is -4.31. The molecule has 0 radical (unpaired) electrons. The van der Waals surface area contributed by atoms with E-state index in [2.05, 4.69) is 10.3 Å². The summed E-state index contributed by atoms with van der Waals surface area (Å²) in [6.45, 7) is 1.48. The minimum atomic E-state index is -5.07. The lowest BCUT2D eigenvalue weighted by Crippen LogP contribution is -2.17. The number of anilines is 1. The lowest BCUT2D eigenvalue weighted by molar-refractivity contribution is -0.145. The van der Waals surface area contributed by atoms with Crippen LogP contribution < -0.4 is 5.32 Å². The van der Waals surface area contributed by atoms with E-state index >= 15 is 0 Å². The van der Waals surface area contributed by atoms with Crippen LogP contribution in [0.25, 0.3) is 0 Å². The van der Waals surface area contributed by atoms with Gasteiger partial charge in [-0.3, -0.25) is 0 Å². The Kier molecular flexibility index (Phi) is 3.93. The topological polar surface area (TPSA) is 48.7 Å². The molecule has 0 aliphatic carbocycles. The molecule has 1 aromatic rings. The maximum atomic E-state index is 12.6. The molecular weight excluding hydrogens is 276 g/mol. The first-order valence-electron chi connectivity index (χ1n) is 4.94. The van der Waals surface area contributed by atoms with Crippen molar-refractivity contribution in [3.63, 3.8) is 0 Å². The number of hydrogen-bond acceptors (Lipinski definition) is 3. The second-order valence-electron chi connectivity index (χ2n) is 3.42. The van der Waals surface area contributed by atoms with E-state index in [1.54, 1.807) is 0 Å². The van der Waals surface area contributed by atoms with Crippen LogP contribution in [0.15, 0.2) is 6.07 Å². The van der Waals surface area contributed by atoms with Gasteiger partial charge in [0.25, 0.3) is 0 Å². The predicted molar refractivity (Wildman–Crippen MR) is 53.1 cm³/mol. The molecule has 0 aliphatic rings. The molecule has 0 saturated heterocycles. The fraction of sp³-hybridized carbons (Fsp3) is 0.400. The van der Waals surface area contributed by atoms with Gasteiger partial charge in [0.05, 0.1) is 5.56 Å². The van der Waals surface area contributed by atoms with Gasteiger partial charge in [0.15, 0.2) is 0 Å². The SMILES string of the molecule is CCNc1nc(C(F)(F)F)cc(C(F)(F)F)c1C#N. The van der Waals surface area contributed by atoms with E-state index in [0.29, 0.717) is 0 Å². The number of alkyl halides is 6. The van der Waals surface area contributed by atoms with Crippen molar-refractivity contribution in [2.75, 3.05) is 11.9 Å². The molecule has 0 aromatic carbocycles. The summed E-state index contributed by atoms with van der Waals surface area (Å²) >= 11 is 0. The van der Waals surface area contributed by atoms with Crippen LogP contribution in [-0.4, -0.2) is 11.5 Å². The van der Waals surface area contributed by atoms with Gasteiger partial charge in [-0.2, -0.15) is 31.6 Å². The Morgan fingerprint density at radius 2 is 1.79 bits per heavy atom. The van der Waals surface area contributed by atoms with Crippen LogP contribution in [0.4, 0.5) is 32.2 Å². The average Bonchev–Trinajstić information content (AvgIpc) is 2.26. The van der Waals surface area contributed by atoms with Crippen LogP contribution in [-0.2, 0) is 12.4 Å². The van der Waals surface area contributed by atoms with E-state index in [4.69, 9.17) is 5.26 Å². The molecule has 0 spiro atoms. The highest BCUT2D eigenvalue weighted by Crippen LogP contribution is 2.38. The van der Waals surface area contributed by atoms with Gasteiger partial charge in [-0.15, -0.1) is 0 Å². The maximum Gasteiger partial charge on any atom is 0.433 e. The summed E-state index contributed by atoms with van der Waals surface area (Å²) in [6.07, 6.45) is -10.1. The van der Waals surface area contributed by atoms with Crippen LogP contribution >= 0.6 is 0 Å². The van der Waals surface area contributed by atoms with Crippen molar-refractivity contribution in [1.29, 1.82) is 5.26 Å². The summed E-state index contributed by atoms with van der Waals surface area (Å²) in [7, 11) is 0. The molecule has 19 heavy (non-hydrogen) atoms. The van der Waals surface area contributed by atoms with Crippen molar-refractivity contribution >= 4 is 5.82 Å². The number of nitriles is 1. The standard InChI is InChI=1S/C10H7F6N3/c1-2-18-8-5(4-17)6(9(11,12)13)3-7(19-8)10(14,15)16/h3H,2H2,1H3,(H,18,19). The summed E-state index contributed by atoms with van der Waals surface area (Å²) in [5, 5.41) is 10.9. The fourth-order valence-corrected chi connectivity index (χ4v) is 1.32. The smallest absolute Gasteiger partial charge is 0.369 e. The zero-order chi connectivity index (χ0) is 14.8. The van der Waals surface area contributed by atoms with Gasteiger partial charge in [-0.1, -0.05) is 0 Å². The van der Waals surface area contributed by atoms with Gasteiger partial charge >= 0.3 is 12.4 Å². The van der Waals surface area contributed by atoms with Crippen molar-refractivity contribution in [3.05, 3.63) is 22.9 Å². The number of aromatic nitrogens is 1. The lowest BCUT2D eigenvalue weighted by Gasteiger charge is -2.15. The third-order valence-electron chi connectivity index (χ3n) is 2.07. The van der Waals surface area contributed by atoms with E-state index in [9.17, 15) is 26.3 Å². The molecular formula is C10H7F6N3. The van der Waals surface area contributed by atoms with Gasteiger partial charge in [-0.25, -0.2) is 4.98 Å². The Hall–Kier alpha value is -1.98. The van der Waals surface area contributed by atoms with E-state index in [-0.39, 0.29) is 12.6 Å². The van der Waals surface area contributed by atoms with Crippen LogP contribution in [0.1, 0.15) is 23.7 Å². The second-order valence-corrected chi connectivity index (χ2v) is 3.42. The van der Waals surface area contributed by atoms with E-state index < -0.39 is 35.0 Å². The van der Waals surface area contributed by atoms with Gasteiger partial charge in [0, 0.05) is 6.54 Å². The summed E-state index contributed by atoms with van der Waals surface area (Å²) in [4.78, 5) is 3.02. The monoisotopic (exact) mass is 283 g/mol. The van der Waals surface area contributed by atoms with E-state index in [0.717, 1.165) is 0 Å². The normalized spacial score (nSPS) is 12.1. The number of halogens is 6. The number of nitrogens with zero attached hydrogens (tertiary/aromatic N) is 2. The molecule has 0 amide bonds. The molecule has 3 nitrogen and oxygen atoms in total. The predicted octanol–water partition coefficient (Wildman–Crippen LogP) is 3.42. The Morgan fingerprint density at radius 3 is 2.16 bits per heavy atom. The van der Waals surface area contributed by atoms with E-state index in [1.165, 1.54) is 13.0 Å². The number of pyridine rings is 1. The molecule has 0 fully saturated rings. The van der Waals surface area contributed by atoms with Crippen molar-refractivity contribution < 1.29 is 26.3 Å². The zero-order valence-corrected chi connectivity index (χ0v) is 9.45. The van der Waals surface area contributed by atoms with Crippen LogP contribution in [0.2, 0.25) is 0 Å². The molecule has 1 heterocycles. The molecule has 0 unspecified atom stereocenters. The highest BCUT2D eigenvalue weighted by molar-refractivity contribution is 5.58. The second kappa shape index (κ2) is 4.95. The number of nitrogens with one attached hydrogen (secondary N) is 1. The highest BCUT2D eigenvalue weighted by Gasteiger charge is 2.40. The lowest BCUT2D eigenvalue weighted by atomic mass is 10.1. The molecule has 0 saturated carbocycles. The number of rotatable bonds is 2. The quantitative estimate of drug-likeness (QED) is 0.846. The summed E-state index contributed by atoms with van der Waals surface area (Å²) in [5.74, 6) is -0.729. The molecule has 0 aliphatic heterocycles. The first-order valence-corrected chi connectivity index (χ1v) is 4.94. The van der Waals surface area contributed by atoms with Crippen molar-refractivity contribution in [2.45, 2.75) is 19.3 Å². The molecule has 1 aromatic heterocycles. The largest absolute Gasteiger partial charge is 0.433 e. The first kappa shape index (κ1) is 15.1. The third kappa shape index (κ3) is 3.27. The third-order valence-corrected chi connectivity index (χ3v) is 2.07. The average molecular weight is 283 g/mol. The van der Waals surface area contributed by atoms with Crippen molar-refractivity contribution in [1.82, 2.24) is 4.98 Å². The highest BCUT2D eigenvalue weighted by atomic mass is 19.4. The molecule has 0 atom stereocenters. The van der Waals surface area contributed by atoms with Crippen LogP contribution in [0.3, 0.4) is 0 Å².